The van der Waals surface area contributed by atoms with Crippen molar-refractivity contribution in [2.45, 2.75) is 0 Å². The monoisotopic (exact) mass is 290 g/mol. The quantitative estimate of drug-likeness (QED) is 0.663. The van der Waals surface area contributed by atoms with Gasteiger partial charge in [0.1, 0.15) is 5.75 Å². The third kappa shape index (κ3) is 2.77. The van der Waals surface area contributed by atoms with E-state index in [1.807, 2.05) is 0 Å². The molecule has 3 N–H and O–H groups in total. The minimum Gasteiger partial charge on any atom is -0.495 e. The lowest BCUT2D eigenvalue weighted by Crippen LogP contribution is -2.28. The molecule has 0 aliphatic heterocycles. The highest BCUT2D eigenvalue weighted by molar-refractivity contribution is 6.07. The second-order valence-electron chi connectivity index (χ2n) is 4.20. The molecule has 0 atom stereocenters. The number of hydrazine groups is 1. The summed E-state index contributed by atoms with van der Waals surface area (Å²) in [4.78, 5) is 17.4. The van der Waals surface area contributed by atoms with Crippen LogP contribution in [0.5, 0.6) is 5.75 Å². The third-order valence-corrected chi connectivity index (χ3v) is 3.01. The van der Waals surface area contributed by atoms with E-state index in [0.717, 1.165) is 0 Å². The summed E-state index contributed by atoms with van der Waals surface area (Å²) >= 11 is 0. The van der Waals surface area contributed by atoms with E-state index in [9.17, 15) is 9.18 Å². The molecule has 1 amide bonds. The molecule has 0 saturated heterocycles. The Morgan fingerprint density at radius 3 is 2.76 bits per heavy atom. The first-order chi connectivity index (χ1) is 10.1. The molecule has 1 aromatic carbocycles. The Bertz CT molecular complexity index is 663. The number of nitrogen functional groups attached to an aromatic ring is 1. The molecule has 0 saturated carbocycles. The number of carbonyl (C=O) groups excluding carboxylic acids is 1. The number of rotatable bonds is 4. The summed E-state index contributed by atoms with van der Waals surface area (Å²) in [7, 11) is 3.04. The zero-order valence-electron chi connectivity index (χ0n) is 11.6. The molecule has 1 heterocycles. The maximum Gasteiger partial charge on any atom is 0.261 e. The number of nitrogens with zero attached hydrogens (tertiary/aromatic N) is 2. The fourth-order valence-electron chi connectivity index (χ4n) is 1.91. The van der Waals surface area contributed by atoms with E-state index in [1.54, 1.807) is 24.3 Å². The summed E-state index contributed by atoms with van der Waals surface area (Å²) in [6.45, 7) is 0. The van der Waals surface area contributed by atoms with Gasteiger partial charge in [-0.3, -0.25) is 4.79 Å². The Hall–Kier alpha value is -2.67. The summed E-state index contributed by atoms with van der Waals surface area (Å²) in [6, 6.07) is 8.26. The molecule has 0 aliphatic rings. The Kier molecular flexibility index (Phi) is 4.34. The van der Waals surface area contributed by atoms with Crippen molar-refractivity contribution in [3.05, 3.63) is 47.9 Å². The third-order valence-electron chi connectivity index (χ3n) is 3.01. The molecule has 0 spiro atoms. The number of anilines is 2. The van der Waals surface area contributed by atoms with Crippen molar-refractivity contribution in [3.8, 4) is 5.75 Å². The number of carbonyl (C=O) groups is 1. The topological polar surface area (TPSA) is 80.5 Å². The molecule has 21 heavy (non-hydrogen) atoms. The van der Waals surface area contributed by atoms with Crippen LogP contribution in [0.25, 0.3) is 0 Å². The number of pyridine rings is 1. The van der Waals surface area contributed by atoms with Crippen LogP contribution in [-0.2, 0) is 0 Å². The Labute approximate surface area is 121 Å². The van der Waals surface area contributed by atoms with Gasteiger partial charge in [-0.2, -0.15) is 0 Å². The predicted molar refractivity (Wildman–Crippen MR) is 77.7 cm³/mol. The summed E-state index contributed by atoms with van der Waals surface area (Å²) < 4.78 is 19.3. The lowest BCUT2D eigenvalue weighted by atomic mass is 10.2. The molecule has 0 bridgehead atoms. The van der Waals surface area contributed by atoms with Crippen LogP contribution < -0.4 is 20.9 Å². The van der Waals surface area contributed by atoms with Gasteiger partial charge in [0.25, 0.3) is 5.91 Å². The van der Waals surface area contributed by atoms with Crippen molar-refractivity contribution < 1.29 is 13.9 Å². The minimum atomic E-state index is -0.799. The summed E-state index contributed by atoms with van der Waals surface area (Å²) in [5.41, 5.74) is 2.51. The molecule has 0 unspecified atom stereocenters. The van der Waals surface area contributed by atoms with E-state index in [4.69, 9.17) is 10.6 Å². The molecule has 2 rings (SSSR count). The van der Waals surface area contributed by atoms with Crippen molar-refractivity contribution in [3.63, 3.8) is 0 Å². The van der Waals surface area contributed by atoms with Crippen molar-refractivity contribution in [1.82, 2.24) is 4.98 Å². The van der Waals surface area contributed by atoms with Gasteiger partial charge in [-0.1, -0.05) is 12.1 Å². The Morgan fingerprint density at radius 2 is 2.10 bits per heavy atom. The average molecular weight is 290 g/mol. The van der Waals surface area contributed by atoms with Gasteiger partial charge in [-0.15, -0.1) is 0 Å². The molecular formula is C14H15FN4O2. The van der Waals surface area contributed by atoms with Gasteiger partial charge in [-0.25, -0.2) is 15.2 Å². The molecule has 110 valence electrons. The van der Waals surface area contributed by atoms with Crippen LogP contribution in [0.4, 0.5) is 15.9 Å². The Morgan fingerprint density at radius 1 is 1.38 bits per heavy atom. The first-order valence-corrected chi connectivity index (χ1v) is 6.12. The number of halogens is 1. The molecule has 0 radical (unpaired) electrons. The number of benzene rings is 1. The van der Waals surface area contributed by atoms with Crippen molar-refractivity contribution >= 4 is 17.4 Å². The molecule has 6 nitrogen and oxygen atoms in total. The maximum absolute atomic E-state index is 14.1. The molecule has 2 aromatic rings. The number of ether oxygens (including phenoxy) is 1. The highest BCUT2D eigenvalue weighted by Crippen LogP contribution is 2.28. The molecule has 0 aliphatic carbocycles. The van der Waals surface area contributed by atoms with E-state index < -0.39 is 11.7 Å². The lowest BCUT2D eigenvalue weighted by molar-refractivity contribution is 0.0988. The zero-order chi connectivity index (χ0) is 15.4. The van der Waals surface area contributed by atoms with Gasteiger partial charge in [0.05, 0.1) is 18.4 Å². The Balaban J connectivity index is 2.40. The van der Waals surface area contributed by atoms with Crippen molar-refractivity contribution in [2.24, 2.45) is 5.84 Å². The zero-order valence-corrected chi connectivity index (χ0v) is 11.6. The first-order valence-electron chi connectivity index (χ1n) is 6.12. The first kappa shape index (κ1) is 14.7. The van der Waals surface area contributed by atoms with Crippen LogP contribution in [0, 0.1) is 5.82 Å². The van der Waals surface area contributed by atoms with Gasteiger partial charge in [0, 0.05) is 13.2 Å². The van der Waals surface area contributed by atoms with E-state index in [-0.39, 0.29) is 11.4 Å². The summed E-state index contributed by atoms with van der Waals surface area (Å²) in [5, 5.41) is 0. The fourth-order valence-corrected chi connectivity index (χ4v) is 1.91. The number of hydrogen-bond acceptors (Lipinski definition) is 5. The van der Waals surface area contributed by atoms with Gasteiger partial charge >= 0.3 is 0 Å². The highest BCUT2D eigenvalue weighted by Gasteiger charge is 2.21. The number of aromatic nitrogens is 1. The smallest absolute Gasteiger partial charge is 0.261 e. The number of methoxy groups -OCH3 is 1. The van der Waals surface area contributed by atoms with E-state index in [1.165, 1.54) is 31.3 Å². The van der Waals surface area contributed by atoms with Crippen molar-refractivity contribution in [2.75, 3.05) is 24.5 Å². The van der Waals surface area contributed by atoms with Crippen LogP contribution in [0.2, 0.25) is 0 Å². The van der Waals surface area contributed by atoms with E-state index in [2.05, 4.69) is 10.4 Å². The number of para-hydroxylation sites is 2. The molecular weight excluding hydrogens is 275 g/mol. The van der Waals surface area contributed by atoms with Crippen LogP contribution in [0.1, 0.15) is 10.4 Å². The number of nitrogens with two attached hydrogens (primary N) is 1. The molecule has 7 heteroatoms. The minimum absolute atomic E-state index is 0.133. The summed E-state index contributed by atoms with van der Waals surface area (Å²) in [5.74, 6) is 4.15. The lowest BCUT2D eigenvalue weighted by Gasteiger charge is -2.20. The van der Waals surface area contributed by atoms with E-state index >= 15 is 0 Å². The van der Waals surface area contributed by atoms with Gasteiger partial charge < -0.3 is 15.1 Å². The highest BCUT2D eigenvalue weighted by atomic mass is 19.1. The van der Waals surface area contributed by atoms with Crippen molar-refractivity contribution in [1.29, 1.82) is 0 Å². The number of hydrogen-bond donors (Lipinski definition) is 2. The van der Waals surface area contributed by atoms with Crippen LogP contribution in [0.15, 0.2) is 36.5 Å². The normalized spacial score (nSPS) is 10.1. The molecule has 1 aromatic heterocycles. The van der Waals surface area contributed by atoms with Gasteiger partial charge in [-0.05, 0) is 18.2 Å². The van der Waals surface area contributed by atoms with E-state index in [0.29, 0.717) is 11.4 Å². The number of nitrogens with one attached hydrogen (secondary N) is 1. The second-order valence-corrected chi connectivity index (χ2v) is 4.20. The van der Waals surface area contributed by atoms with Crippen LogP contribution in [-0.4, -0.2) is 25.0 Å². The molecule has 0 fully saturated rings. The van der Waals surface area contributed by atoms with Crippen LogP contribution >= 0.6 is 0 Å². The second kappa shape index (κ2) is 6.19. The van der Waals surface area contributed by atoms with Crippen LogP contribution in [0.3, 0.4) is 0 Å². The standard InChI is InChI=1S/C14H15FN4O2/c1-19(10-5-3-4-6-11(10)21-2)14(20)9-7-8-17-13(18-16)12(9)15/h3-8H,16H2,1-2H3,(H,17,18). The predicted octanol–water partition coefficient (Wildman–Crippen LogP) is 1.79. The average Bonchev–Trinajstić information content (AvgIpc) is 2.53. The number of amides is 1. The SMILES string of the molecule is COc1ccccc1N(C)C(=O)c1ccnc(NN)c1F. The van der Waals surface area contributed by atoms with Gasteiger partial charge in [0.2, 0.25) is 0 Å². The van der Waals surface area contributed by atoms with Gasteiger partial charge in [0.15, 0.2) is 11.6 Å². The fraction of sp³-hybridized carbons (Fsp3) is 0.143. The maximum atomic E-state index is 14.1. The summed E-state index contributed by atoms with van der Waals surface area (Å²) in [6.07, 6.45) is 1.31. The largest absolute Gasteiger partial charge is 0.495 e.